The van der Waals surface area contributed by atoms with Crippen LogP contribution in [0.5, 0.6) is 0 Å². The summed E-state index contributed by atoms with van der Waals surface area (Å²) in [7, 11) is 0. The molecule has 4 nitrogen and oxygen atoms in total. The molecule has 0 heterocycles. The summed E-state index contributed by atoms with van der Waals surface area (Å²) in [4.78, 5) is 4.53. The summed E-state index contributed by atoms with van der Waals surface area (Å²) in [5, 5.41) is 17.3. The molecule has 0 spiro atoms. The predicted molar refractivity (Wildman–Crippen MR) is 100 cm³/mol. The number of aliphatic hydroxyl groups excluding tert-OH is 1. The molecule has 3 N–H and O–H groups in total. The standard InChI is InChI=1S/C19H24ClN3O/c1-2-21-19(22-13-16-8-10-17(20)11-9-16)23-14-18(24)12-15-6-4-3-5-7-15/h3-11,18,24H,2,12-14H2,1H3,(H2,21,22,23). The molecule has 5 heteroatoms. The lowest BCUT2D eigenvalue weighted by molar-refractivity contribution is 0.177. The van der Waals surface area contributed by atoms with Crippen LogP contribution in [0.4, 0.5) is 0 Å². The van der Waals surface area contributed by atoms with Gasteiger partial charge in [0.1, 0.15) is 0 Å². The molecule has 24 heavy (non-hydrogen) atoms. The average molecular weight is 346 g/mol. The second kappa shape index (κ2) is 9.96. The Labute approximate surface area is 148 Å². The van der Waals surface area contributed by atoms with E-state index in [1.165, 1.54) is 0 Å². The van der Waals surface area contributed by atoms with Crippen molar-refractivity contribution >= 4 is 17.6 Å². The highest BCUT2D eigenvalue weighted by Crippen LogP contribution is 2.10. The molecule has 0 amide bonds. The molecule has 0 saturated carbocycles. The Bertz CT molecular complexity index is 629. The summed E-state index contributed by atoms with van der Waals surface area (Å²) in [6.45, 7) is 3.78. The number of hydrogen-bond donors (Lipinski definition) is 3. The van der Waals surface area contributed by atoms with E-state index in [2.05, 4.69) is 15.6 Å². The molecule has 128 valence electrons. The lowest BCUT2D eigenvalue weighted by atomic mass is 10.1. The van der Waals surface area contributed by atoms with Crippen molar-refractivity contribution in [1.29, 1.82) is 0 Å². The Balaban J connectivity index is 1.85. The largest absolute Gasteiger partial charge is 0.391 e. The van der Waals surface area contributed by atoms with Gasteiger partial charge in [0, 0.05) is 24.5 Å². The highest BCUT2D eigenvalue weighted by molar-refractivity contribution is 6.30. The first-order valence-electron chi connectivity index (χ1n) is 8.16. The molecule has 2 aromatic rings. The third kappa shape index (κ3) is 6.60. The molecule has 0 saturated heterocycles. The van der Waals surface area contributed by atoms with Crippen LogP contribution in [0.3, 0.4) is 0 Å². The van der Waals surface area contributed by atoms with Gasteiger partial charge in [-0.15, -0.1) is 0 Å². The van der Waals surface area contributed by atoms with Crippen molar-refractivity contribution in [3.8, 4) is 0 Å². The van der Waals surface area contributed by atoms with Crippen LogP contribution in [0.15, 0.2) is 59.6 Å². The maximum absolute atomic E-state index is 10.2. The van der Waals surface area contributed by atoms with Gasteiger partial charge in [0.15, 0.2) is 5.96 Å². The number of rotatable bonds is 7. The van der Waals surface area contributed by atoms with Gasteiger partial charge in [-0.3, -0.25) is 0 Å². The van der Waals surface area contributed by atoms with Crippen LogP contribution in [0, 0.1) is 0 Å². The number of nitrogens with zero attached hydrogens (tertiary/aromatic N) is 1. The Hall–Kier alpha value is -2.04. The third-order valence-electron chi connectivity index (χ3n) is 3.50. The zero-order chi connectivity index (χ0) is 17.2. The molecule has 0 aliphatic rings. The highest BCUT2D eigenvalue weighted by atomic mass is 35.5. The van der Waals surface area contributed by atoms with E-state index in [1.54, 1.807) is 0 Å². The second-order valence-corrected chi connectivity index (χ2v) is 5.98. The fourth-order valence-corrected chi connectivity index (χ4v) is 2.40. The van der Waals surface area contributed by atoms with Crippen LogP contribution in [0.2, 0.25) is 5.02 Å². The zero-order valence-corrected chi connectivity index (χ0v) is 14.6. The van der Waals surface area contributed by atoms with Crippen molar-refractivity contribution in [2.45, 2.75) is 26.0 Å². The summed E-state index contributed by atoms with van der Waals surface area (Å²) < 4.78 is 0. The van der Waals surface area contributed by atoms with Gasteiger partial charge in [0.25, 0.3) is 0 Å². The maximum Gasteiger partial charge on any atom is 0.191 e. The van der Waals surface area contributed by atoms with Crippen molar-refractivity contribution in [3.05, 3.63) is 70.7 Å². The van der Waals surface area contributed by atoms with Gasteiger partial charge in [-0.05, 0) is 30.2 Å². The summed E-state index contributed by atoms with van der Waals surface area (Å²) in [5.41, 5.74) is 2.20. The molecule has 1 unspecified atom stereocenters. The van der Waals surface area contributed by atoms with Gasteiger partial charge in [0.05, 0.1) is 12.6 Å². The lowest BCUT2D eigenvalue weighted by Crippen LogP contribution is -2.41. The monoisotopic (exact) mass is 345 g/mol. The summed E-state index contributed by atoms with van der Waals surface area (Å²) in [6.07, 6.45) is 0.150. The Morgan fingerprint density at radius 3 is 2.42 bits per heavy atom. The van der Waals surface area contributed by atoms with E-state index in [0.29, 0.717) is 25.5 Å². The highest BCUT2D eigenvalue weighted by Gasteiger charge is 2.06. The number of aliphatic hydroxyl groups is 1. The maximum atomic E-state index is 10.2. The Morgan fingerprint density at radius 2 is 1.75 bits per heavy atom. The minimum Gasteiger partial charge on any atom is -0.391 e. The van der Waals surface area contributed by atoms with Gasteiger partial charge in [-0.25, -0.2) is 4.99 Å². The van der Waals surface area contributed by atoms with Gasteiger partial charge < -0.3 is 15.7 Å². The molecule has 0 aromatic heterocycles. The van der Waals surface area contributed by atoms with Crippen LogP contribution in [0.1, 0.15) is 18.1 Å². The summed E-state index contributed by atoms with van der Waals surface area (Å²) in [6, 6.07) is 17.6. The molecule has 0 bridgehead atoms. The van der Waals surface area contributed by atoms with Crippen molar-refractivity contribution in [3.63, 3.8) is 0 Å². The van der Waals surface area contributed by atoms with Crippen LogP contribution in [0.25, 0.3) is 0 Å². The van der Waals surface area contributed by atoms with Crippen LogP contribution in [-0.2, 0) is 13.0 Å². The molecular formula is C19H24ClN3O. The second-order valence-electron chi connectivity index (χ2n) is 5.55. The van der Waals surface area contributed by atoms with E-state index in [1.807, 2.05) is 61.5 Å². The number of aliphatic imine (C=N–C) groups is 1. The quantitative estimate of drug-likeness (QED) is 0.534. The number of nitrogens with one attached hydrogen (secondary N) is 2. The number of guanidine groups is 1. The minimum atomic E-state index is -0.466. The molecular weight excluding hydrogens is 322 g/mol. The number of hydrogen-bond acceptors (Lipinski definition) is 2. The van der Waals surface area contributed by atoms with Crippen molar-refractivity contribution in [1.82, 2.24) is 10.6 Å². The lowest BCUT2D eigenvalue weighted by Gasteiger charge is -2.15. The zero-order valence-electron chi connectivity index (χ0n) is 13.9. The normalized spacial score (nSPS) is 12.7. The smallest absolute Gasteiger partial charge is 0.191 e. The van der Waals surface area contributed by atoms with Crippen LogP contribution >= 0.6 is 11.6 Å². The number of benzene rings is 2. The van der Waals surface area contributed by atoms with E-state index in [4.69, 9.17) is 11.6 Å². The first-order valence-corrected chi connectivity index (χ1v) is 8.53. The van der Waals surface area contributed by atoms with Gasteiger partial charge in [-0.1, -0.05) is 54.1 Å². The van der Waals surface area contributed by atoms with E-state index in [9.17, 15) is 5.11 Å². The molecule has 2 rings (SSSR count). The van der Waals surface area contributed by atoms with Gasteiger partial charge in [0.2, 0.25) is 0 Å². The molecule has 0 fully saturated rings. The topological polar surface area (TPSA) is 56.7 Å². The molecule has 0 aliphatic carbocycles. The van der Waals surface area contributed by atoms with Gasteiger partial charge in [-0.2, -0.15) is 0 Å². The van der Waals surface area contributed by atoms with E-state index in [-0.39, 0.29) is 0 Å². The fraction of sp³-hybridized carbons (Fsp3) is 0.316. The van der Waals surface area contributed by atoms with E-state index in [0.717, 1.165) is 22.7 Å². The average Bonchev–Trinajstić information content (AvgIpc) is 2.59. The van der Waals surface area contributed by atoms with Crippen LogP contribution in [-0.4, -0.2) is 30.3 Å². The molecule has 2 aromatic carbocycles. The van der Waals surface area contributed by atoms with Crippen LogP contribution < -0.4 is 10.6 Å². The van der Waals surface area contributed by atoms with Gasteiger partial charge >= 0.3 is 0 Å². The first kappa shape index (κ1) is 18.3. The molecule has 0 aliphatic heterocycles. The van der Waals surface area contributed by atoms with Crippen molar-refractivity contribution in [2.24, 2.45) is 4.99 Å². The third-order valence-corrected chi connectivity index (χ3v) is 3.75. The van der Waals surface area contributed by atoms with E-state index >= 15 is 0 Å². The van der Waals surface area contributed by atoms with E-state index < -0.39 is 6.10 Å². The van der Waals surface area contributed by atoms with Crippen molar-refractivity contribution in [2.75, 3.05) is 13.1 Å². The first-order chi connectivity index (χ1) is 11.7. The predicted octanol–water partition coefficient (Wildman–Crippen LogP) is 3.00. The SMILES string of the molecule is CCNC(=NCc1ccc(Cl)cc1)NCC(O)Cc1ccccc1. The number of halogens is 1. The minimum absolute atomic E-state index is 0.446. The fourth-order valence-electron chi connectivity index (χ4n) is 2.27. The Morgan fingerprint density at radius 1 is 1.04 bits per heavy atom. The Kier molecular flexibility index (Phi) is 7.59. The molecule has 1 atom stereocenters. The summed E-state index contributed by atoms with van der Waals surface area (Å²) in [5.74, 6) is 0.694. The summed E-state index contributed by atoms with van der Waals surface area (Å²) >= 11 is 5.89. The van der Waals surface area contributed by atoms with Crippen molar-refractivity contribution < 1.29 is 5.11 Å². The molecule has 0 radical (unpaired) electrons.